The molecular formula is C28H27FN2O3S. The minimum Gasteiger partial charge on any atom is -0.341 e. The Kier molecular flexibility index (Phi) is 7.58. The molecule has 0 aliphatic rings. The zero-order valence-electron chi connectivity index (χ0n) is 19.6. The number of amides is 1. The van der Waals surface area contributed by atoms with Crippen molar-refractivity contribution in [2.75, 3.05) is 7.05 Å². The number of carbonyl (C=O) groups is 1. The predicted molar refractivity (Wildman–Crippen MR) is 137 cm³/mol. The van der Waals surface area contributed by atoms with Crippen LogP contribution in [-0.4, -0.2) is 31.2 Å². The Labute approximate surface area is 207 Å². The van der Waals surface area contributed by atoms with Crippen molar-refractivity contribution >= 4 is 17.0 Å². The number of hydrogen-bond acceptors (Lipinski definition) is 2. The lowest BCUT2D eigenvalue weighted by Gasteiger charge is -2.17. The van der Waals surface area contributed by atoms with Crippen molar-refractivity contribution in [3.05, 3.63) is 113 Å². The van der Waals surface area contributed by atoms with Gasteiger partial charge in [-0.25, -0.2) is 8.60 Å². The van der Waals surface area contributed by atoms with Gasteiger partial charge in [-0.05, 0) is 59.5 Å². The monoisotopic (exact) mass is 490 g/mol. The summed E-state index contributed by atoms with van der Waals surface area (Å²) in [6, 6.07) is 25.5. The molecule has 180 valence electrons. The first-order valence-corrected chi connectivity index (χ1v) is 12.5. The maximum absolute atomic E-state index is 13.6. The molecule has 1 N–H and O–H groups in total. The van der Waals surface area contributed by atoms with Crippen LogP contribution in [0.2, 0.25) is 0 Å². The van der Waals surface area contributed by atoms with Crippen molar-refractivity contribution in [2.45, 2.75) is 25.6 Å². The molecule has 0 aliphatic carbocycles. The Morgan fingerprint density at radius 3 is 2.26 bits per heavy atom. The number of hydrogen-bond donors (Lipinski definition) is 1. The van der Waals surface area contributed by atoms with Gasteiger partial charge in [-0.1, -0.05) is 54.6 Å². The third-order valence-corrected chi connectivity index (χ3v) is 6.59. The lowest BCUT2D eigenvalue weighted by molar-refractivity contribution is -0.129. The molecular weight excluding hydrogens is 463 g/mol. The fourth-order valence-corrected chi connectivity index (χ4v) is 4.61. The molecule has 0 aliphatic heterocycles. The third kappa shape index (κ3) is 5.93. The molecule has 4 aromatic rings. The highest BCUT2D eigenvalue weighted by atomic mass is 32.2. The molecule has 35 heavy (non-hydrogen) atoms. The van der Waals surface area contributed by atoms with Crippen LogP contribution in [0.5, 0.6) is 0 Å². The van der Waals surface area contributed by atoms with E-state index in [-0.39, 0.29) is 23.9 Å². The first-order valence-electron chi connectivity index (χ1n) is 11.2. The van der Waals surface area contributed by atoms with Gasteiger partial charge in [0.25, 0.3) is 0 Å². The van der Waals surface area contributed by atoms with Gasteiger partial charge in [-0.3, -0.25) is 4.79 Å². The second-order valence-electron chi connectivity index (χ2n) is 8.53. The Hall–Kier alpha value is -3.55. The minimum absolute atomic E-state index is 0.000493. The number of aromatic nitrogens is 1. The fraction of sp³-hybridized carbons (Fsp3) is 0.179. The molecule has 0 radical (unpaired) electrons. The quantitative estimate of drug-likeness (QED) is 0.331. The third-order valence-electron chi connectivity index (χ3n) is 6.01. The van der Waals surface area contributed by atoms with E-state index in [1.807, 2.05) is 72.2 Å². The SMILES string of the molecule is Cc1c(CC(=O)N(C)Cc2ccccc2)cc(-c2ccc(CS(=O)O)cc2)n1-c1ccc(F)cc1. The van der Waals surface area contributed by atoms with Crippen LogP contribution < -0.4 is 0 Å². The number of carbonyl (C=O) groups excluding carboxylic acids is 1. The summed E-state index contributed by atoms with van der Waals surface area (Å²) in [6.45, 7) is 2.48. The molecule has 3 aromatic carbocycles. The van der Waals surface area contributed by atoms with E-state index < -0.39 is 11.1 Å². The Morgan fingerprint density at radius 1 is 0.971 bits per heavy atom. The number of halogens is 1. The van der Waals surface area contributed by atoms with Gasteiger partial charge in [-0.2, -0.15) is 0 Å². The van der Waals surface area contributed by atoms with Crippen LogP contribution >= 0.6 is 0 Å². The fourth-order valence-electron chi connectivity index (χ4n) is 4.13. The van der Waals surface area contributed by atoms with Gasteiger partial charge in [0.05, 0.1) is 17.9 Å². The molecule has 0 fully saturated rings. The largest absolute Gasteiger partial charge is 0.341 e. The number of rotatable bonds is 8. The normalized spacial score (nSPS) is 11.9. The average molecular weight is 491 g/mol. The predicted octanol–water partition coefficient (Wildman–Crippen LogP) is 5.51. The van der Waals surface area contributed by atoms with Gasteiger partial charge >= 0.3 is 0 Å². The maximum Gasteiger partial charge on any atom is 0.227 e. The van der Waals surface area contributed by atoms with Crippen LogP contribution in [0.3, 0.4) is 0 Å². The summed E-state index contributed by atoms with van der Waals surface area (Å²) in [7, 11) is 1.80. The van der Waals surface area contributed by atoms with Gasteiger partial charge in [-0.15, -0.1) is 0 Å². The van der Waals surface area contributed by atoms with E-state index in [2.05, 4.69) is 0 Å². The summed E-state index contributed by atoms with van der Waals surface area (Å²) in [6.07, 6.45) is 0.234. The van der Waals surface area contributed by atoms with Crippen molar-refractivity contribution in [1.82, 2.24) is 9.47 Å². The van der Waals surface area contributed by atoms with Gasteiger partial charge in [0.1, 0.15) is 5.82 Å². The molecule has 1 aromatic heterocycles. The summed E-state index contributed by atoms with van der Waals surface area (Å²) < 4.78 is 35.9. The van der Waals surface area contributed by atoms with E-state index in [9.17, 15) is 17.9 Å². The molecule has 0 saturated heterocycles. The first kappa shape index (κ1) is 24.6. The number of nitrogens with zero attached hydrogens (tertiary/aromatic N) is 2. The van der Waals surface area contributed by atoms with E-state index >= 15 is 0 Å². The maximum atomic E-state index is 13.6. The van der Waals surface area contributed by atoms with Gasteiger partial charge in [0.15, 0.2) is 11.1 Å². The van der Waals surface area contributed by atoms with Crippen LogP contribution in [-0.2, 0) is 34.6 Å². The Bertz CT molecular complexity index is 1330. The molecule has 0 spiro atoms. The van der Waals surface area contributed by atoms with Crippen LogP contribution in [0.4, 0.5) is 4.39 Å². The number of likely N-dealkylation sites (N-methyl/N-ethyl adjacent to an activating group) is 1. The van der Waals surface area contributed by atoms with Crippen molar-refractivity contribution in [2.24, 2.45) is 0 Å². The topological polar surface area (TPSA) is 62.5 Å². The smallest absolute Gasteiger partial charge is 0.227 e. The van der Waals surface area contributed by atoms with Gasteiger partial charge in [0, 0.05) is 25.0 Å². The zero-order valence-corrected chi connectivity index (χ0v) is 20.5. The van der Waals surface area contributed by atoms with E-state index in [0.717, 1.165) is 39.3 Å². The van der Waals surface area contributed by atoms with Crippen LogP contribution in [0.1, 0.15) is 22.4 Å². The van der Waals surface area contributed by atoms with Crippen LogP contribution in [0.25, 0.3) is 16.9 Å². The van der Waals surface area contributed by atoms with E-state index in [1.165, 1.54) is 12.1 Å². The van der Waals surface area contributed by atoms with Crippen LogP contribution in [0.15, 0.2) is 84.9 Å². The highest BCUT2D eigenvalue weighted by Crippen LogP contribution is 2.30. The van der Waals surface area contributed by atoms with E-state index in [0.29, 0.717) is 6.54 Å². The van der Waals surface area contributed by atoms with Gasteiger partial charge in [0.2, 0.25) is 5.91 Å². The molecule has 0 saturated carbocycles. The summed E-state index contributed by atoms with van der Waals surface area (Å²) in [5.41, 5.74) is 6.14. The highest BCUT2D eigenvalue weighted by molar-refractivity contribution is 7.78. The molecule has 4 rings (SSSR count). The molecule has 5 nitrogen and oxygen atoms in total. The lowest BCUT2D eigenvalue weighted by atomic mass is 10.1. The number of benzene rings is 3. The van der Waals surface area contributed by atoms with Crippen molar-refractivity contribution in [3.63, 3.8) is 0 Å². The van der Waals surface area contributed by atoms with Crippen molar-refractivity contribution in [3.8, 4) is 16.9 Å². The Balaban J connectivity index is 1.67. The molecule has 1 unspecified atom stereocenters. The van der Waals surface area contributed by atoms with E-state index in [1.54, 1.807) is 24.1 Å². The first-order chi connectivity index (χ1) is 16.8. The molecule has 1 heterocycles. The second kappa shape index (κ2) is 10.8. The summed E-state index contributed by atoms with van der Waals surface area (Å²) >= 11 is -1.91. The second-order valence-corrected chi connectivity index (χ2v) is 9.46. The zero-order chi connectivity index (χ0) is 24.9. The summed E-state index contributed by atoms with van der Waals surface area (Å²) in [5, 5.41) is 0. The van der Waals surface area contributed by atoms with Crippen molar-refractivity contribution < 1.29 is 17.9 Å². The standard InChI is InChI=1S/C28H27FN2O3S/c1-20-24(17-28(32)30(2)18-21-6-4-3-5-7-21)16-27(31(20)26-14-12-25(29)13-15-26)23-10-8-22(9-11-23)19-35(33)34/h3-16H,17-19H2,1-2H3,(H,33,34). The minimum atomic E-state index is -1.91. The average Bonchev–Trinajstić information content (AvgIpc) is 3.16. The molecule has 1 amide bonds. The highest BCUT2D eigenvalue weighted by Gasteiger charge is 2.19. The van der Waals surface area contributed by atoms with Crippen LogP contribution in [0, 0.1) is 12.7 Å². The molecule has 0 bridgehead atoms. The van der Waals surface area contributed by atoms with E-state index in [4.69, 9.17) is 0 Å². The Morgan fingerprint density at radius 2 is 1.63 bits per heavy atom. The lowest BCUT2D eigenvalue weighted by Crippen LogP contribution is -2.27. The summed E-state index contributed by atoms with van der Waals surface area (Å²) in [5.74, 6) is -0.258. The van der Waals surface area contributed by atoms with Gasteiger partial charge < -0.3 is 14.0 Å². The molecule has 1 atom stereocenters. The summed E-state index contributed by atoms with van der Waals surface area (Å²) in [4.78, 5) is 14.8. The molecule has 7 heteroatoms. The van der Waals surface area contributed by atoms with Crippen molar-refractivity contribution in [1.29, 1.82) is 0 Å².